The van der Waals surface area contributed by atoms with Gasteiger partial charge in [0.2, 0.25) is 0 Å². The molecule has 2 heterocycles. The Kier molecular flexibility index (Phi) is 11.0. The van der Waals surface area contributed by atoms with Crippen LogP contribution in [0.1, 0.15) is 30.9 Å². The fourth-order valence-electron chi connectivity index (χ4n) is 3.53. The van der Waals surface area contributed by atoms with Crippen LogP contribution in [-0.4, -0.2) is 69.9 Å². The number of hydrogen-bond donors (Lipinski definition) is 2. The van der Waals surface area contributed by atoms with Crippen molar-refractivity contribution in [2.75, 3.05) is 59.1 Å². The van der Waals surface area contributed by atoms with E-state index in [0.29, 0.717) is 0 Å². The van der Waals surface area contributed by atoms with E-state index in [0.717, 1.165) is 90.1 Å². The number of morpholine rings is 1. The maximum absolute atomic E-state index is 5.58. The van der Waals surface area contributed by atoms with Crippen molar-refractivity contribution in [3.63, 3.8) is 0 Å². The predicted molar refractivity (Wildman–Crippen MR) is 125 cm³/mol. The zero-order chi connectivity index (χ0) is 18.7. The molecule has 0 spiro atoms. The summed E-state index contributed by atoms with van der Waals surface area (Å²) in [5, 5.41) is 6.80. The normalized spacial score (nSPS) is 16.8. The molecule has 0 bridgehead atoms. The van der Waals surface area contributed by atoms with Crippen molar-refractivity contribution in [1.82, 2.24) is 15.5 Å². The summed E-state index contributed by atoms with van der Waals surface area (Å²) in [6.45, 7) is 10.6. The van der Waals surface area contributed by atoms with Gasteiger partial charge in [-0.05, 0) is 49.9 Å². The maximum atomic E-state index is 5.58. The minimum Gasteiger partial charge on any atom is -0.493 e. The zero-order valence-corrected chi connectivity index (χ0v) is 19.4. The van der Waals surface area contributed by atoms with E-state index in [4.69, 9.17) is 14.5 Å². The number of rotatable bonds is 9. The summed E-state index contributed by atoms with van der Waals surface area (Å²) in [4.78, 5) is 7.20. The second kappa shape index (κ2) is 13.2. The van der Waals surface area contributed by atoms with Crippen molar-refractivity contribution >= 4 is 29.9 Å². The average molecular weight is 502 g/mol. The molecule has 0 unspecified atom stereocenters. The van der Waals surface area contributed by atoms with Gasteiger partial charge in [0.25, 0.3) is 0 Å². The Morgan fingerprint density at radius 3 is 2.82 bits per heavy atom. The molecule has 1 aromatic rings. The van der Waals surface area contributed by atoms with Gasteiger partial charge in [-0.1, -0.05) is 12.1 Å². The van der Waals surface area contributed by atoms with E-state index < -0.39 is 0 Å². The Labute approximate surface area is 186 Å². The first-order valence-corrected chi connectivity index (χ1v) is 10.4. The van der Waals surface area contributed by atoms with Crippen LogP contribution < -0.4 is 15.4 Å². The summed E-state index contributed by atoms with van der Waals surface area (Å²) in [5.74, 6) is 1.98. The highest BCUT2D eigenvalue weighted by atomic mass is 127. The molecule has 1 fully saturated rings. The van der Waals surface area contributed by atoms with Crippen LogP contribution in [0.4, 0.5) is 0 Å². The fourth-order valence-corrected chi connectivity index (χ4v) is 3.53. The lowest BCUT2D eigenvalue weighted by atomic mass is 10.1. The summed E-state index contributed by atoms with van der Waals surface area (Å²) in [6, 6.07) is 6.55. The van der Waals surface area contributed by atoms with Crippen LogP contribution >= 0.6 is 24.0 Å². The molecule has 158 valence electrons. The average Bonchev–Trinajstić information content (AvgIpc) is 3.16. The van der Waals surface area contributed by atoms with Crippen LogP contribution in [0.15, 0.2) is 23.2 Å². The molecule has 0 amide bonds. The summed E-state index contributed by atoms with van der Waals surface area (Å²) >= 11 is 0. The Morgan fingerprint density at radius 2 is 2.00 bits per heavy atom. The van der Waals surface area contributed by atoms with Gasteiger partial charge in [-0.2, -0.15) is 0 Å². The van der Waals surface area contributed by atoms with Gasteiger partial charge in [-0.3, -0.25) is 9.89 Å². The van der Waals surface area contributed by atoms with Crippen LogP contribution in [0, 0.1) is 0 Å². The summed E-state index contributed by atoms with van der Waals surface area (Å²) in [7, 11) is 0. The second-order valence-electron chi connectivity index (χ2n) is 7.14. The van der Waals surface area contributed by atoms with Crippen LogP contribution in [-0.2, 0) is 17.6 Å². The number of benzene rings is 1. The van der Waals surface area contributed by atoms with E-state index in [9.17, 15) is 0 Å². The van der Waals surface area contributed by atoms with Crippen molar-refractivity contribution in [2.24, 2.45) is 4.99 Å². The largest absolute Gasteiger partial charge is 0.493 e. The number of hydrogen-bond acceptors (Lipinski definition) is 4. The second-order valence-corrected chi connectivity index (χ2v) is 7.14. The predicted octanol–water partition coefficient (Wildman–Crippen LogP) is 2.45. The molecule has 0 aromatic heterocycles. The van der Waals surface area contributed by atoms with E-state index in [1.54, 1.807) is 0 Å². The van der Waals surface area contributed by atoms with Gasteiger partial charge >= 0.3 is 0 Å². The smallest absolute Gasteiger partial charge is 0.191 e. The number of ether oxygens (including phenoxy) is 2. The van der Waals surface area contributed by atoms with Gasteiger partial charge in [-0.15, -0.1) is 24.0 Å². The molecular formula is C21H35IN4O2. The first kappa shape index (κ1) is 23.2. The first-order valence-electron chi connectivity index (χ1n) is 10.4. The van der Waals surface area contributed by atoms with E-state index in [1.807, 2.05) is 0 Å². The highest BCUT2D eigenvalue weighted by Gasteiger charge is 2.12. The van der Waals surface area contributed by atoms with Crippen molar-refractivity contribution in [3.8, 4) is 5.75 Å². The monoisotopic (exact) mass is 502 g/mol. The lowest BCUT2D eigenvalue weighted by Crippen LogP contribution is -2.38. The third-order valence-corrected chi connectivity index (χ3v) is 5.06. The van der Waals surface area contributed by atoms with Gasteiger partial charge in [0.15, 0.2) is 5.96 Å². The van der Waals surface area contributed by atoms with Crippen LogP contribution in [0.2, 0.25) is 0 Å². The molecule has 28 heavy (non-hydrogen) atoms. The van der Waals surface area contributed by atoms with Crippen molar-refractivity contribution in [2.45, 2.75) is 32.6 Å². The SMILES string of the molecule is CCNC(=NCCCCN1CCOCC1)NCCc1ccc2c(c1)CCO2.I. The molecule has 0 aliphatic carbocycles. The Hall–Kier alpha value is -1.06. The molecule has 3 rings (SSSR count). The molecule has 6 nitrogen and oxygen atoms in total. The Bertz CT molecular complexity index is 606. The van der Waals surface area contributed by atoms with Gasteiger partial charge in [0.05, 0.1) is 19.8 Å². The number of fused-ring (bicyclic) bond motifs is 1. The first-order chi connectivity index (χ1) is 13.3. The van der Waals surface area contributed by atoms with Crippen LogP contribution in [0.3, 0.4) is 0 Å². The number of nitrogens with one attached hydrogen (secondary N) is 2. The highest BCUT2D eigenvalue weighted by Crippen LogP contribution is 2.25. The molecule has 0 atom stereocenters. The summed E-state index contributed by atoms with van der Waals surface area (Å²) in [5.41, 5.74) is 2.70. The number of guanidine groups is 1. The lowest BCUT2D eigenvalue weighted by molar-refractivity contribution is 0.0373. The number of unbranched alkanes of at least 4 members (excludes halogenated alkanes) is 1. The molecule has 1 saturated heterocycles. The number of halogens is 1. The molecule has 2 aliphatic heterocycles. The van der Waals surface area contributed by atoms with Gasteiger partial charge in [0.1, 0.15) is 5.75 Å². The van der Waals surface area contributed by atoms with E-state index in [1.165, 1.54) is 17.5 Å². The molecular weight excluding hydrogens is 467 g/mol. The third-order valence-electron chi connectivity index (χ3n) is 5.06. The molecule has 2 aliphatic rings. The van der Waals surface area contributed by atoms with Gasteiger partial charge in [0, 0.05) is 39.1 Å². The maximum Gasteiger partial charge on any atom is 0.191 e. The standard InChI is InChI=1S/C21H34N4O2.HI/c1-2-22-21(23-9-3-4-11-25-12-15-26-16-13-25)24-10-7-18-5-6-20-19(17-18)8-14-27-20;/h5-6,17H,2-4,7-16H2,1H3,(H2,22,23,24);1H. The summed E-state index contributed by atoms with van der Waals surface area (Å²) in [6.07, 6.45) is 4.35. The Balaban J connectivity index is 0.00000280. The van der Waals surface area contributed by atoms with Crippen molar-refractivity contribution < 1.29 is 9.47 Å². The highest BCUT2D eigenvalue weighted by molar-refractivity contribution is 14.0. The van der Waals surface area contributed by atoms with Crippen molar-refractivity contribution in [1.29, 1.82) is 0 Å². The van der Waals surface area contributed by atoms with E-state index in [-0.39, 0.29) is 24.0 Å². The molecule has 7 heteroatoms. The minimum absolute atomic E-state index is 0. The third kappa shape index (κ3) is 7.75. The quantitative estimate of drug-likeness (QED) is 0.235. The van der Waals surface area contributed by atoms with Crippen molar-refractivity contribution in [3.05, 3.63) is 29.3 Å². The van der Waals surface area contributed by atoms with E-state index >= 15 is 0 Å². The zero-order valence-electron chi connectivity index (χ0n) is 17.0. The van der Waals surface area contributed by atoms with Gasteiger partial charge < -0.3 is 20.1 Å². The molecule has 1 aromatic carbocycles. The summed E-state index contributed by atoms with van der Waals surface area (Å²) < 4.78 is 11.0. The number of nitrogens with zero attached hydrogens (tertiary/aromatic N) is 2. The van der Waals surface area contributed by atoms with Crippen LogP contribution in [0.5, 0.6) is 5.75 Å². The van der Waals surface area contributed by atoms with Gasteiger partial charge in [-0.25, -0.2) is 0 Å². The van der Waals surface area contributed by atoms with Crippen LogP contribution in [0.25, 0.3) is 0 Å². The topological polar surface area (TPSA) is 58.1 Å². The fraction of sp³-hybridized carbons (Fsp3) is 0.667. The molecule has 2 N–H and O–H groups in total. The minimum atomic E-state index is 0. The Morgan fingerprint density at radius 1 is 1.14 bits per heavy atom. The van der Waals surface area contributed by atoms with E-state index in [2.05, 4.69) is 40.7 Å². The molecule has 0 saturated carbocycles. The molecule has 0 radical (unpaired) electrons. The number of aliphatic imine (C=N–C) groups is 1. The lowest BCUT2D eigenvalue weighted by Gasteiger charge is -2.26.